The van der Waals surface area contributed by atoms with Gasteiger partial charge in [-0.15, -0.1) is 5.10 Å². The second kappa shape index (κ2) is 6.83. The maximum absolute atomic E-state index is 6.03. The van der Waals surface area contributed by atoms with Gasteiger partial charge in [0.25, 0.3) is 0 Å². The van der Waals surface area contributed by atoms with Crippen molar-refractivity contribution in [3.05, 3.63) is 46.7 Å². The molecule has 20 heavy (non-hydrogen) atoms. The molecule has 5 nitrogen and oxygen atoms in total. The third-order valence-corrected chi connectivity index (χ3v) is 3.70. The Kier molecular flexibility index (Phi) is 5.11. The fraction of sp³-hybridized carbons (Fsp3) is 0.429. The fourth-order valence-corrected chi connectivity index (χ4v) is 2.21. The molecule has 0 aliphatic rings. The van der Waals surface area contributed by atoms with Gasteiger partial charge in [-0.05, 0) is 31.7 Å². The van der Waals surface area contributed by atoms with Gasteiger partial charge in [-0.25, -0.2) is 0 Å². The summed E-state index contributed by atoms with van der Waals surface area (Å²) >= 11 is 6.03. The smallest absolute Gasteiger partial charge is 0.0962 e. The van der Waals surface area contributed by atoms with Crippen molar-refractivity contribution in [3.8, 4) is 0 Å². The molecule has 0 saturated carbocycles. The van der Waals surface area contributed by atoms with Crippen LogP contribution in [-0.2, 0) is 13.1 Å². The summed E-state index contributed by atoms with van der Waals surface area (Å²) in [6.07, 6.45) is 1.89. The van der Waals surface area contributed by atoms with Gasteiger partial charge in [0.05, 0.1) is 12.2 Å². The Bertz CT molecular complexity index is 554. The average Bonchev–Trinajstić information content (AvgIpc) is 2.92. The molecular weight excluding hydrogens is 274 g/mol. The Morgan fingerprint density at radius 2 is 2.25 bits per heavy atom. The van der Waals surface area contributed by atoms with Gasteiger partial charge in [0, 0.05) is 30.4 Å². The summed E-state index contributed by atoms with van der Waals surface area (Å²) in [5.41, 5.74) is 7.54. The topological polar surface area (TPSA) is 60.0 Å². The standard InChI is InChI=1S/C14H20ClN5/c1-11(12-4-3-5-13(15)8-12)19(2)6-7-20-10-14(9-16)17-18-20/h3-5,8,10-11H,6-7,9,16H2,1-2H3. The lowest BCUT2D eigenvalue weighted by molar-refractivity contribution is 0.246. The van der Waals surface area contributed by atoms with E-state index in [1.165, 1.54) is 5.56 Å². The highest BCUT2D eigenvalue weighted by Gasteiger charge is 2.12. The minimum Gasteiger partial charge on any atom is -0.325 e. The van der Waals surface area contributed by atoms with Gasteiger partial charge in [-0.1, -0.05) is 28.9 Å². The van der Waals surface area contributed by atoms with Crippen molar-refractivity contribution in [1.82, 2.24) is 19.9 Å². The number of likely N-dealkylation sites (N-methyl/N-ethyl adjacent to an activating group) is 1. The first-order chi connectivity index (χ1) is 9.60. The van der Waals surface area contributed by atoms with E-state index >= 15 is 0 Å². The summed E-state index contributed by atoms with van der Waals surface area (Å²) in [5.74, 6) is 0. The first kappa shape index (κ1) is 15.0. The van der Waals surface area contributed by atoms with Crippen LogP contribution in [0.1, 0.15) is 24.2 Å². The van der Waals surface area contributed by atoms with Crippen molar-refractivity contribution in [1.29, 1.82) is 0 Å². The summed E-state index contributed by atoms with van der Waals surface area (Å²) in [7, 11) is 2.09. The molecule has 2 rings (SSSR count). The predicted octanol–water partition coefficient (Wildman–Crippen LogP) is 2.08. The molecule has 1 atom stereocenters. The molecule has 2 aromatic rings. The minimum atomic E-state index is 0.297. The zero-order chi connectivity index (χ0) is 14.5. The molecule has 0 radical (unpaired) electrons. The lowest BCUT2D eigenvalue weighted by Crippen LogP contribution is -2.26. The summed E-state index contributed by atoms with van der Waals surface area (Å²) in [4.78, 5) is 2.26. The summed E-state index contributed by atoms with van der Waals surface area (Å²) < 4.78 is 1.82. The van der Waals surface area contributed by atoms with Gasteiger partial charge >= 0.3 is 0 Å². The number of hydrogen-bond acceptors (Lipinski definition) is 4. The molecule has 1 heterocycles. The van der Waals surface area contributed by atoms with Crippen molar-refractivity contribution < 1.29 is 0 Å². The number of hydrogen-bond donors (Lipinski definition) is 1. The van der Waals surface area contributed by atoms with Gasteiger partial charge in [0.1, 0.15) is 0 Å². The van der Waals surface area contributed by atoms with E-state index in [4.69, 9.17) is 17.3 Å². The number of benzene rings is 1. The quantitative estimate of drug-likeness (QED) is 0.886. The molecule has 0 aliphatic heterocycles. The Balaban J connectivity index is 1.92. The van der Waals surface area contributed by atoms with E-state index in [1.807, 2.05) is 29.1 Å². The van der Waals surface area contributed by atoms with Crippen LogP contribution in [0.25, 0.3) is 0 Å². The molecule has 1 aromatic carbocycles. The second-order valence-electron chi connectivity index (χ2n) is 4.89. The van der Waals surface area contributed by atoms with Crippen molar-refractivity contribution in [2.45, 2.75) is 26.1 Å². The van der Waals surface area contributed by atoms with E-state index in [0.717, 1.165) is 23.8 Å². The van der Waals surface area contributed by atoms with E-state index in [1.54, 1.807) is 0 Å². The third kappa shape index (κ3) is 3.79. The van der Waals surface area contributed by atoms with Crippen LogP contribution in [0.4, 0.5) is 0 Å². The molecular formula is C14H20ClN5. The highest BCUT2D eigenvalue weighted by Crippen LogP contribution is 2.21. The number of nitrogens with zero attached hydrogens (tertiary/aromatic N) is 4. The molecule has 0 bridgehead atoms. The van der Waals surface area contributed by atoms with Crippen LogP contribution in [0.2, 0.25) is 5.02 Å². The molecule has 0 fully saturated rings. The van der Waals surface area contributed by atoms with Crippen LogP contribution in [-0.4, -0.2) is 33.5 Å². The lowest BCUT2D eigenvalue weighted by atomic mass is 10.1. The molecule has 0 saturated heterocycles. The van der Waals surface area contributed by atoms with E-state index in [2.05, 4.69) is 35.2 Å². The normalized spacial score (nSPS) is 12.8. The van der Waals surface area contributed by atoms with Crippen molar-refractivity contribution in [3.63, 3.8) is 0 Å². The minimum absolute atomic E-state index is 0.297. The molecule has 0 aliphatic carbocycles. The Labute approximate surface area is 124 Å². The summed E-state index contributed by atoms with van der Waals surface area (Å²) in [5, 5.41) is 8.79. The third-order valence-electron chi connectivity index (χ3n) is 3.47. The maximum atomic E-state index is 6.03. The molecule has 6 heteroatoms. The zero-order valence-electron chi connectivity index (χ0n) is 11.8. The Morgan fingerprint density at radius 3 is 2.90 bits per heavy atom. The average molecular weight is 294 g/mol. The number of rotatable bonds is 6. The highest BCUT2D eigenvalue weighted by molar-refractivity contribution is 6.30. The number of nitrogens with two attached hydrogens (primary N) is 1. The number of aromatic nitrogens is 3. The zero-order valence-corrected chi connectivity index (χ0v) is 12.6. The van der Waals surface area contributed by atoms with Crippen molar-refractivity contribution in [2.24, 2.45) is 5.73 Å². The van der Waals surface area contributed by atoms with Crippen LogP contribution in [0.5, 0.6) is 0 Å². The van der Waals surface area contributed by atoms with Gasteiger partial charge in [0.15, 0.2) is 0 Å². The molecule has 2 N–H and O–H groups in total. The Hall–Kier alpha value is -1.43. The van der Waals surface area contributed by atoms with Gasteiger partial charge in [-0.2, -0.15) is 0 Å². The highest BCUT2D eigenvalue weighted by atomic mass is 35.5. The molecule has 1 unspecified atom stereocenters. The van der Waals surface area contributed by atoms with Crippen LogP contribution < -0.4 is 5.73 Å². The van der Waals surface area contributed by atoms with E-state index < -0.39 is 0 Å². The number of halogens is 1. The molecule has 108 valence electrons. The van der Waals surface area contributed by atoms with Crippen LogP contribution in [0.3, 0.4) is 0 Å². The molecule has 0 spiro atoms. The van der Waals surface area contributed by atoms with E-state index in [9.17, 15) is 0 Å². The van der Waals surface area contributed by atoms with Crippen molar-refractivity contribution in [2.75, 3.05) is 13.6 Å². The van der Waals surface area contributed by atoms with E-state index in [-0.39, 0.29) is 0 Å². The fourth-order valence-electron chi connectivity index (χ4n) is 2.02. The molecule has 1 aromatic heterocycles. The van der Waals surface area contributed by atoms with Crippen LogP contribution in [0, 0.1) is 0 Å². The van der Waals surface area contributed by atoms with Crippen molar-refractivity contribution >= 4 is 11.6 Å². The first-order valence-corrected chi connectivity index (χ1v) is 7.02. The Morgan fingerprint density at radius 1 is 1.45 bits per heavy atom. The van der Waals surface area contributed by atoms with Crippen LogP contribution >= 0.6 is 11.6 Å². The van der Waals surface area contributed by atoms with Gasteiger partial charge < -0.3 is 5.73 Å². The van der Waals surface area contributed by atoms with E-state index in [0.29, 0.717) is 12.6 Å². The molecule has 0 amide bonds. The lowest BCUT2D eigenvalue weighted by Gasteiger charge is -2.25. The van der Waals surface area contributed by atoms with Crippen LogP contribution in [0.15, 0.2) is 30.5 Å². The van der Waals surface area contributed by atoms with Gasteiger partial charge in [0.2, 0.25) is 0 Å². The summed E-state index contributed by atoms with van der Waals surface area (Å²) in [6.45, 7) is 4.25. The monoisotopic (exact) mass is 293 g/mol. The first-order valence-electron chi connectivity index (χ1n) is 6.65. The SMILES string of the molecule is CC(c1cccc(Cl)c1)N(C)CCn1cc(CN)nn1. The maximum Gasteiger partial charge on any atom is 0.0962 e. The predicted molar refractivity (Wildman–Crippen MR) is 80.4 cm³/mol. The summed E-state index contributed by atoms with van der Waals surface area (Å²) in [6, 6.07) is 8.26. The largest absolute Gasteiger partial charge is 0.325 e. The second-order valence-corrected chi connectivity index (χ2v) is 5.33. The van der Waals surface area contributed by atoms with Gasteiger partial charge in [-0.3, -0.25) is 9.58 Å².